The highest BCUT2D eigenvalue weighted by Gasteiger charge is 2.60. The number of rotatable bonds is 4. The van der Waals surface area contributed by atoms with Crippen molar-refractivity contribution in [1.29, 1.82) is 0 Å². The van der Waals surface area contributed by atoms with E-state index in [0.29, 0.717) is 5.56 Å². The first kappa shape index (κ1) is 23.5. The number of hydrogen-bond acceptors (Lipinski definition) is 9. The molecule has 3 aliphatic rings. The van der Waals surface area contributed by atoms with Crippen molar-refractivity contribution < 1.29 is 39.6 Å². The van der Waals surface area contributed by atoms with Gasteiger partial charge in [0.25, 0.3) is 5.91 Å². The minimum atomic E-state index is -2.61. The monoisotopic (exact) mass is 471 g/mol. The van der Waals surface area contributed by atoms with Crippen LogP contribution in [0.3, 0.4) is 0 Å². The van der Waals surface area contributed by atoms with Crippen LogP contribution >= 0.6 is 0 Å². The maximum absolute atomic E-state index is 13.4. The van der Waals surface area contributed by atoms with Gasteiger partial charge in [0.15, 0.2) is 11.4 Å². The first-order valence-electron chi connectivity index (χ1n) is 10.6. The van der Waals surface area contributed by atoms with Gasteiger partial charge in [0, 0.05) is 17.9 Å². The summed E-state index contributed by atoms with van der Waals surface area (Å²) in [6, 6.07) is 3.09. The fraction of sp³-hybridized carbons (Fsp3) is 0.391. The molecule has 3 unspecified atom stereocenters. The van der Waals surface area contributed by atoms with Crippen LogP contribution in [0, 0.1) is 11.8 Å². The quantitative estimate of drug-likeness (QED) is 0.258. The molecule has 11 nitrogen and oxygen atoms in total. The number of fused-ring (bicyclic) bond motifs is 3. The van der Waals surface area contributed by atoms with Gasteiger partial charge < -0.3 is 36.4 Å². The number of phenols is 1. The molecule has 0 radical (unpaired) electrons. The number of nitrogens with zero attached hydrogens (tertiary/aromatic N) is 1. The number of primary amides is 1. The average Bonchev–Trinajstić information content (AvgIpc) is 2.72. The number of nitrogens with two attached hydrogens (primary N) is 1. The van der Waals surface area contributed by atoms with E-state index < -0.39 is 63.7 Å². The smallest absolute Gasteiger partial charge is 0.255 e. The van der Waals surface area contributed by atoms with Gasteiger partial charge in [-0.1, -0.05) is 6.07 Å². The Bertz CT molecular complexity index is 1210. The van der Waals surface area contributed by atoms with Gasteiger partial charge in [-0.2, -0.15) is 0 Å². The molecular formula is C23H25N3O8. The van der Waals surface area contributed by atoms with Crippen LogP contribution in [-0.2, 0) is 25.6 Å². The van der Waals surface area contributed by atoms with Crippen molar-refractivity contribution in [3.05, 3.63) is 40.2 Å². The van der Waals surface area contributed by atoms with Gasteiger partial charge in [0.05, 0.1) is 17.8 Å². The number of amides is 2. The number of aromatic hydroxyl groups is 1. The Hall–Kier alpha value is -3.70. The molecule has 3 atom stereocenters. The second-order valence-electron chi connectivity index (χ2n) is 9.19. The number of nitrogens with one attached hydrogen (secondary N) is 1. The van der Waals surface area contributed by atoms with Crippen LogP contribution in [0.4, 0.5) is 5.69 Å². The number of hydrogen-bond donors (Lipinski definition) is 6. The number of benzene rings is 1. The lowest BCUT2D eigenvalue weighted by Gasteiger charge is -2.46. The van der Waals surface area contributed by atoms with Gasteiger partial charge in [0.2, 0.25) is 11.7 Å². The number of aliphatic hydroxyl groups is 3. The summed E-state index contributed by atoms with van der Waals surface area (Å²) in [4.78, 5) is 51.2. The molecule has 11 heteroatoms. The van der Waals surface area contributed by atoms with Crippen LogP contribution in [0.25, 0.3) is 5.76 Å². The Morgan fingerprint density at radius 3 is 2.47 bits per heavy atom. The number of carbonyl (C=O) groups is 4. The van der Waals surface area contributed by atoms with Crippen molar-refractivity contribution in [1.82, 2.24) is 4.90 Å². The van der Waals surface area contributed by atoms with Crippen LogP contribution in [-0.4, -0.2) is 74.9 Å². The van der Waals surface area contributed by atoms with E-state index in [1.807, 2.05) is 0 Å². The minimum Gasteiger partial charge on any atom is -0.508 e. The SMILES string of the molecule is CN(C)CC(=O)Nc1ccc2c(c1O)C(O)=C1C(=O)C3(O)C(O)=C(C(N)=O)C(=O)CC3CC1C2. The van der Waals surface area contributed by atoms with E-state index in [9.17, 15) is 39.6 Å². The Labute approximate surface area is 194 Å². The summed E-state index contributed by atoms with van der Waals surface area (Å²) in [6.45, 7) is 0.0467. The van der Waals surface area contributed by atoms with Gasteiger partial charge in [0.1, 0.15) is 22.8 Å². The van der Waals surface area contributed by atoms with E-state index in [1.165, 1.54) is 6.07 Å². The average molecular weight is 471 g/mol. The first-order chi connectivity index (χ1) is 15.9. The van der Waals surface area contributed by atoms with Gasteiger partial charge in [-0.25, -0.2) is 0 Å². The molecule has 0 heterocycles. The fourth-order valence-electron chi connectivity index (χ4n) is 5.17. The maximum atomic E-state index is 13.4. The van der Waals surface area contributed by atoms with E-state index in [0.717, 1.165) is 0 Å². The maximum Gasteiger partial charge on any atom is 0.255 e. The predicted molar refractivity (Wildman–Crippen MR) is 119 cm³/mol. The number of carbonyl (C=O) groups excluding carboxylic acids is 4. The normalized spacial score (nSPS) is 26.2. The molecule has 0 aliphatic heterocycles. The van der Waals surface area contributed by atoms with E-state index in [-0.39, 0.29) is 42.6 Å². The Balaban J connectivity index is 1.81. The number of Topliss-reactive ketones (excluding diaryl/α,β-unsaturated/α-hetero) is 2. The highest BCUT2D eigenvalue weighted by atomic mass is 16.3. The second kappa shape index (κ2) is 7.96. The Morgan fingerprint density at radius 2 is 1.85 bits per heavy atom. The zero-order valence-corrected chi connectivity index (χ0v) is 18.6. The molecular weight excluding hydrogens is 446 g/mol. The molecule has 1 fully saturated rings. The lowest BCUT2D eigenvalue weighted by atomic mass is 9.59. The minimum absolute atomic E-state index is 0.0260. The summed E-state index contributed by atoms with van der Waals surface area (Å²) in [5.41, 5.74) is 1.95. The Morgan fingerprint density at radius 1 is 1.18 bits per heavy atom. The fourth-order valence-corrected chi connectivity index (χ4v) is 5.17. The van der Waals surface area contributed by atoms with Gasteiger partial charge in [-0.05, 0) is 44.5 Å². The predicted octanol–water partition coefficient (Wildman–Crippen LogP) is -0.0760. The summed E-state index contributed by atoms with van der Waals surface area (Å²) in [7, 11) is 3.39. The standard InChI is InChI=1S/C23H25N3O8/c1-26(2)8-14(28)25-12-4-3-9-5-10-6-11-7-13(27)17(22(24)33)21(32)23(11,34)20(31)16(10)19(30)15(9)18(12)29/h3-4,10-11,29-30,32,34H,5-8H2,1-2H3,(H2,24,33)(H,25,28). The summed E-state index contributed by atoms with van der Waals surface area (Å²) in [5.74, 6) is -7.31. The number of likely N-dealkylation sites (N-methyl/N-ethyl adjacent to an activating group) is 1. The molecule has 0 aromatic heterocycles. The van der Waals surface area contributed by atoms with Crippen molar-refractivity contribution in [3.63, 3.8) is 0 Å². The van der Waals surface area contributed by atoms with Gasteiger partial charge in [-0.15, -0.1) is 0 Å². The van der Waals surface area contributed by atoms with E-state index in [4.69, 9.17) is 5.73 Å². The molecule has 34 heavy (non-hydrogen) atoms. The number of phenolic OH excluding ortho intramolecular Hbond substituents is 1. The molecule has 0 saturated heterocycles. The molecule has 4 rings (SSSR count). The number of anilines is 1. The third kappa shape index (κ3) is 3.35. The lowest BCUT2D eigenvalue weighted by Crippen LogP contribution is -2.58. The van der Waals surface area contributed by atoms with Crippen molar-refractivity contribution in [2.75, 3.05) is 26.0 Å². The van der Waals surface area contributed by atoms with Crippen LogP contribution in [0.5, 0.6) is 5.75 Å². The summed E-state index contributed by atoms with van der Waals surface area (Å²) in [5, 5.41) is 46.2. The summed E-state index contributed by atoms with van der Waals surface area (Å²) < 4.78 is 0. The third-order valence-corrected chi connectivity index (χ3v) is 6.67. The van der Waals surface area contributed by atoms with E-state index in [1.54, 1.807) is 25.1 Å². The zero-order valence-electron chi connectivity index (χ0n) is 18.6. The van der Waals surface area contributed by atoms with Gasteiger partial charge in [-0.3, -0.25) is 19.2 Å². The van der Waals surface area contributed by atoms with Crippen LogP contribution in [0.15, 0.2) is 29.0 Å². The zero-order chi connectivity index (χ0) is 25.1. The molecule has 1 saturated carbocycles. The topological polar surface area (TPSA) is 190 Å². The molecule has 1 aromatic carbocycles. The van der Waals surface area contributed by atoms with Crippen molar-refractivity contribution in [2.45, 2.75) is 24.9 Å². The van der Waals surface area contributed by atoms with Crippen molar-refractivity contribution in [2.24, 2.45) is 17.6 Å². The largest absolute Gasteiger partial charge is 0.508 e. The molecule has 1 aromatic rings. The second-order valence-corrected chi connectivity index (χ2v) is 9.19. The van der Waals surface area contributed by atoms with Crippen LogP contribution in [0.2, 0.25) is 0 Å². The summed E-state index contributed by atoms with van der Waals surface area (Å²) >= 11 is 0. The van der Waals surface area contributed by atoms with Crippen LogP contribution in [0.1, 0.15) is 24.0 Å². The first-order valence-corrected chi connectivity index (χ1v) is 10.6. The molecule has 0 bridgehead atoms. The molecule has 180 valence electrons. The highest BCUT2D eigenvalue weighted by molar-refractivity contribution is 6.22. The molecule has 2 amide bonds. The third-order valence-electron chi connectivity index (χ3n) is 6.67. The van der Waals surface area contributed by atoms with E-state index in [2.05, 4.69) is 5.32 Å². The van der Waals surface area contributed by atoms with Gasteiger partial charge >= 0.3 is 0 Å². The summed E-state index contributed by atoms with van der Waals surface area (Å²) in [6.07, 6.45) is -0.108. The number of aliphatic hydroxyl groups excluding tert-OH is 2. The van der Waals surface area contributed by atoms with Crippen molar-refractivity contribution in [3.8, 4) is 5.75 Å². The van der Waals surface area contributed by atoms with E-state index >= 15 is 0 Å². The lowest BCUT2D eigenvalue weighted by molar-refractivity contribution is -0.147. The van der Waals surface area contributed by atoms with Crippen molar-refractivity contribution >= 4 is 34.8 Å². The Kier molecular flexibility index (Phi) is 5.49. The molecule has 3 aliphatic carbocycles. The highest BCUT2D eigenvalue weighted by Crippen LogP contribution is 2.52. The number of ketones is 2. The molecule has 7 N–H and O–H groups in total. The molecule has 0 spiro atoms. The van der Waals surface area contributed by atoms with Crippen LogP contribution < -0.4 is 11.1 Å².